The van der Waals surface area contributed by atoms with Crippen molar-refractivity contribution in [3.63, 3.8) is 0 Å². The summed E-state index contributed by atoms with van der Waals surface area (Å²) in [4.78, 5) is 59.1. The van der Waals surface area contributed by atoms with Crippen LogP contribution in [-0.4, -0.2) is 54.6 Å². The molecule has 16 heteroatoms. The third-order valence-electron chi connectivity index (χ3n) is 9.13. The number of rotatable bonds is 10. The lowest BCUT2D eigenvalue weighted by atomic mass is 9.77. The van der Waals surface area contributed by atoms with Gasteiger partial charge in [-0.05, 0) is 76.9 Å². The molecule has 4 aromatic heterocycles. The van der Waals surface area contributed by atoms with Gasteiger partial charge in [0, 0.05) is 41.7 Å². The number of aryl methyl sites for hydroxylation is 2. The Kier molecular flexibility index (Phi) is 20.9. The highest BCUT2D eigenvalue weighted by molar-refractivity contribution is 9.10. The average molecular weight is 998 g/mol. The summed E-state index contributed by atoms with van der Waals surface area (Å²) < 4.78 is 16.6. The van der Waals surface area contributed by atoms with Crippen molar-refractivity contribution in [1.82, 2.24) is 0 Å². The second kappa shape index (κ2) is 26.2. The van der Waals surface area contributed by atoms with Crippen LogP contribution in [0.1, 0.15) is 58.2 Å². The van der Waals surface area contributed by atoms with E-state index in [1.807, 2.05) is 71.3 Å². The number of fused-ring (bicyclic) bond motifs is 2. The average Bonchev–Trinajstić information content (AvgIpc) is 4.09. The quantitative estimate of drug-likeness (QED) is 0.0996. The number of halogens is 1. The Morgan fingerprint density at radius 2 is 0.984 bits per heavy atom. The molecule has 8 rings (SSSR count). The van der Waals surface area contributed by atoms with Gasteiger partial charge in [-0.3, -0.25) is 0 Å². The molecule has 0 aliphatic carbocycles. The summed E-state index contributed by atoms with van der Waals surface area (Å²) in [6, 6.07) is 35.2. The molecule has 0 atom stereocenters. The first-order valence-electron chi connectivity index (χ1n) is 19.7. The molecular weight excluding hydrogens is 956 g/mol. The van der Waals surface area contributed by atoms with Gasteiger partial charge in [-0.2, -0.15) is 19.2 Å². The van der Waals surface area contributed by atoms with Crippen LogP contribution in [0.15, 0.2) is 124 Å². The first-order valence-corrected chi connectivity index (χ1v) is 23.9. The number of hydrogen-bond acceptors (Lipinski definition) is 14. The molecular formula is C48H42BBrO10S4. The summed E-state index contributed by atoms with van der Waals surface area (Å²) >= 11 is 11.0. The van der Waals surface area contributed by atoms with Crippen LogP contribution in [0, 0.1) is 0 Å². The lowest BCUT2D eigenvalue weighted by molar-refractivity contribution is -0.193. The summed E-state index contributed by atoms with van der Waals surface area (Å²) in [5, 5.41) is 22.3. The highest BCUT2D eigenvalue weighted by atomic mass is 79.9. The minimum absolute atomic E-state index is 0.158. The fraction of sp³-hybridized carbons (Fsp3) is 0.167. The SMILES string of the molecule is CCOC(=O)c1ccccc1-c1csc2c(-c3ccccc3)c(CC)sc12.CCOC(=O)c1ccccc1B(O)O.CCc1sc2c(Br)csc2c1-c1ccccc1.O=C=O.O=C=O. The van der Waals surface area contributed by atoms with Crippen molar-refractivity contribution in [2.75, 3.05) is 13.2 Å². The van der Waals surface area contributed by atoms with Crippen molar-refractivity contribution in [2.45, 2.75) is 40.5 Å². The van der Waals surface area contributed by atoms with E-state index in [1.165, 1.54) is 67.4 Å². The van der Waals surface area contributed by atoms with E-state index in [9.17, 15) is 9.59 Å². The van der Waals surface area contributed by atoms with Crippen molar-refractivity contribution in [3.05, 3.63) is 145 Å². The lowest BCUT2D eigenvalue weighted by Crippen LogP contribution is -2.35. The molecule has 0 saturated carbocycles. The Bertz CT molecular complexity index is 2810. The summed E-state index contributed by atoms with van der Waals surface area (Å²) in [5.74, 6) is -0.806. The molecule has 0 amide bonds. The van der Waals surface area contributed by atoms with Crippen LogP contribution >= 0.6 is 61.3 Å². The number of carbonyl (C=O) groups is 2. The number of esters is 2. The Balaban J connectivity index is 0.000000209. The Morgan fingerprint density at radius 1 is 0.562 bits per heavy atom. The zero-order valence-corrected chi connectivity index (χ0v) is 40.0. The predicted octanol–water partition coefficient (Wildman–Crippen LogP) is 11.4. The van der Waals surface area contributed by atoms with Crippen LogP contribution in [0.2, 0.25) is 0 Å². The maximum Gasteiger partial charge on any atom is 0.489 e. The largest absolute Gasteiger partial charge is 0.489 e. The molecule has 10 nitrogen and oxygen atoms in total. The van der Waals surface area contributed by atoms with E-state index < -0.39 is 13.1 Å². The van der Waals surface area contributed by atoms with Crippen LogP contribution in [0.25, 0.3) is 52.2 Å². The van der Waals surface area contributed by atoms with E-state index in [1.54, 1.807) is 30.4 Å². The predicted molar refractivity (Wildman–Crippen MR) is 260 cm³/mol. The van der Waals surface area contributed by atoms with Crippen LogP contribution < -0.4 is 5.46 Å². The van der Waals surface area contributed by atoms with Crippen molar-refractivity contribution in [2.24, 2.45) is 0 Å². The molecule has 0 aliphatic heterocycles. The van der Waals surface area contributed by atoms with E-state index in [4.69, 9.17) is 38.7 Å². The molecule has 0 spiro atoms. The molecule has 0 fully saturated rings. The second-order valence-corrected chi connectivity index (χ2v) is 17.7. The third kappa shape index (κ3) is 12.8. The van der Waals surface area contributed by atoms with Crippen LogP contribution in [0.5, 0.6) is 0 Å². The highest BCUT2D eigenvalue weighted by Crippen LogP contribution is 2.48. The number of carbonyl (C=O) groups excluding carboxylic acids is 6. The van der Waals surface area contributed by atoms with Crippen LogP contribution in [0.4, 0.5) is 0 Å². The molecule has 0 aliphatic rings. The van der Waals surface area contributed by atoms with Gasteiger partial charge in [0.25, 0.3) is 0 Å². The molecule has 8 aromatic rings. The zero-order chi connectivity index (χ0) is 46.6. The molecule has 0 bridgehead atoms. The smallest absolute Gasteiger partial charge is 0.462 e. The second-order valence-electron chi connectivity index (χ2n) is 12.9. The zero-order valence-electron chi connectivity index (χ0n) is 35.1. The van der Waals surface area contributed by atoms with Gasteiger partial charge in [0.1, 0.15) is 0 Å². The summed E-state index contributed by atoms with van der Waals surface area (Å²) in [7, 11) is -1.66. The Morgan fingerprint density at radius 3 is 1.48 bits per heavy atom. The van der Waals surface area contributed by atoms with Gasteiger partial charge in [0.05, 0.1) is 43.1 Å². The van der Waals surface area contributed by atoms with E-state index in [-0.39, 0.29) is 35.9 Å². The highest BCUT2D eigenvalue weighted by Gasteiger charge is 2.22. The summed E-state index contributed by atoms with van der Waals surface area (Å²) in [6.45, 7) is 8.60. The van der Waals surface area contributed by atoms with Gasteiger partial charge in [-0.15, -0.1) is 45.3 Å². The molecule has 328 valence electrons. The first kappa shape index (κ1) is 51.0. The first-order chi connectivity index (χ1) is 31.0. The molecule has 4 heterocycles. The Labute approximate surface area is 395 Å². The van der Waals surface area contributed by atoms with E-state index >= 15 is 0 Å². The minimum Gasteiger partial charge on any atom is -0.462 e. The van der Waals surface area contributed by atoms with E-state index in [0.717, 1.165) is 24.0 Å². The number of benzene rings is 4. The number of thiophene rings is 4. The van der Waals surface area contributed by atoms with Gasteiger partial charge in [-0.1, -0.05) is 111 Å². The normalized spacial score (nSPS) is 9.98. The van der Waals surface area contributed by atoms with Gasteiger partial charge in [-0.25, -0.2) is 9.59 Å². The van der Waals surface area contributed by atoms with Crippen molar-refractivity contribution in [3.8, 4) is 33.4 Å². The molecule has 2 N–H and O–H groups in total. The third-order valence-corrected chi connectivity index (χ3v) is 15.3. The van der Waals surface area contributed by atoms with Gasteiger partial charge in [0.2, 0.25) is 0 Å². The lowest BCUT2D eigenvalue weighted by Gasteiger charge is -2.07. The van der Waals surface area contributed by atoms with Crippen LogP contribution in [0.3, 0.4) is 0 Å². The topological polar surface area (TPSA) is 161 Å². The molecule has 0 saturated heterocycles. The fourth-order valence-electron chi connectivity index (χ4n) is 6.52. The van der Waals surface area contributed by atoms with Gasteiger partial charge >= 0.3 is 31.4 Å². The van der Waals surface area contributed by atoms with Crippen molar-refractivity contribution in [1.29, 1.82) is 0 Å². The monoisotopic (exact) mass is 996 g/mol. The fourth-order valence-corrected chi connectivity index (χ4v) is 12.4. The summed E-state index contributed by atoms with van der Waals surface area (Å²) in [5.41, 5.74) is 8.41. The molecule has 64 heavy (non-hydrogen) atoms. The number of ether oxygens (including phenoxy) is 2. The molecule has 4 aromatic carbocycles. The summed E-state index contributed by atoms with van der Waals surface area (Å²) in [6.07, 6.45) is 2.60. The molecule has 0 unspecified atom stereocenters. The minimum atomic E-state index is -1.66. The Hall–Kier alpha value is -5.64. The maximum absolute atomic E-state index is 12.4. The number of hydrogen-bond donors (Lipinski definition) is 2. The maximum atomic E-state index is 12.4. The van der Waals surface area contributed by atoms with Gasteiger partial charge in [0.15, 0.2) is 0 Å². The van der Waals surface area contributed by atoms with Crippen LogP contribution in [-0.2, 0) is 41.5 Å². The molecule has 0 radical (unpaired) electrons. The van der Waals surface area contributed by atoms with E-state index in [0.29, 0.717) is 12.2 Å². The van der Waals surface area contributed by atoms with Crippen molar-refractivity contribution < 1.29 is 48.3 Å². The standard InChI is InChI=1S/C23H20O2S2.C14H11BrS2.C9H11BO4.2CO2/c1-3-19-20(15-10-6-5-7-11-15)22-21(27-19)18(14-26-22)16-12-8-9-13-17(16)23(24)25-4-2;1-2-11-12(9-6-4-3-5-7-9)14-13(17-11)10(15)8-16-14;1-2-14-9(11)7-5-3-4-6-8(7)10(12)13;2*2-1-3/h5-14H,3-4H2,1-2H3;3-8H,2H2,1H3;3-6,12-13H,2H2,1H3;;. The van der Waals surface area contributed by atoms with Crippen molar-refractivity contribution >= 4 is 117 Å². The van der Waals surface area contributed by atoms with Gasteiger partial charge < -0.3 is 19.5 Å². The van der Waals surface area contributed by atoms with E-state index in [2.05, 4.69) is 95.1 Å².